The van der Waals surface area contributed by atoms with Crippen LogP contribution in [0.15, 0.2) is 30.3 Å². The van der Waals surface area contributed by atoms with E-state index >= 15 is 0 Å². The fourth-order valence-corrected chi connectivity index (χ4v) is 16.2. The maximum atomic E-state index is 6.61. The maximum absolute atomic E-state index is 6.61. The third-order valence-corrected chi connectivity index (χ3v) is 13.3. The van der Waals surface area contributed by atoms with Gasteiger partial charge in [0, 0.05) is 0 Å². The Kier molecular flexibility index (Phi) is 7.47. The highest BCUT2D eigenvalue weighted by Crippen LogP contribution is 2.29. The van der Waals surface area contributed by atoms with Crippen molar-refractivity contribution >= 4 is 25.2 Å². The third-order valence-electron chi connectivity index (χ3n) is 3.53. The number of rotatable bonds is 9. The van der Waals surface area contributed by atoms with Gasteiger partial charge in [-0.05, 0) is 76.2 Å². The molecule has 0 saturated heterocycles. The zero-order valence-electron chi connectivity index (χ0n) is 16.4. The summed E-state index contributed by atoms with van der Waals surface area (Å²) < 4.78 is 13.2. The normalized spacial score (nSPS) is 14.8. The highest BCUT2D eigenvalue weighted by molar-refractivity contribution is 6.87. The molecule has 0 aromatic heterocycles. The van der Waals surface area contributed by atoms with Crippen LogP contribution in [0.1, 0.15) is 18.9 Å². The summed E-state index contributed by atoms with van der Waals surface area (Å²) in [6.45, 7) is 18.3. The van der Waals surface area contributed by atoms with Crippen molar-refractivity contribution in [2.45, 2.75) is 71.6 Å². The average molecular weight is 369 g/mol. The van der Waals surface area contributed by atoms with Crippen molar-refractivity contribution in [3.63, 3.8) is 0 Å². The van der Waals surface area contributed by atoms with Gasteiger partial charge in [-0.2, -0.15) is 0 Å². The summed E-state index contributed by atoms with van der Waals surface area (Å²) in [5, 5.41) is 0. The fourth-order valence-electron chi connectivity index (χ4n) is 3.19. The van der Waals surface area contributed by atoms with Crippen LogP contribution in [0, 0.1) is 5.92 Å². The predicted octanol–water partition coefficient (Wildman–Crippen LogP) is 6.03. The molecular formula is C18H36O2Si3. The van der Waals surface area contributed by atoms with Gasteiger partial charge in [-0.3, -0.25) is 0 Å². The third kappa shape index (κ3) is 9.62. The van der Waals surface area contributed by atoms with E-state index in [2.05, 4.69) is 83.1 Å². The second-order valence-electron chi connectivity index (χ2n) is 8.90. The largest absolute Gasteiger partial charge is 0.437 e. The van der Waals surface area contributed by atoms with Crippen LogP contribution in [0.4, 0.5) is 0 Å². The second-order valence-corrected chi connectivity index (χ2v) is 21.7. The van der Waals surface area contributed by atoms with E-state index in [0.717, 1.165) is 12.5 Å². The van der Waals surface area contributed by atoms with Crippen molar-refractivity contribution in [3.8, 4) is 0 Å². The van der Waals surface area contributed by atoms with Crippen LogP contribution in [-0.2, 0) is 14.7 Å². The van der Waals surface area contributed by atoms with Gasteiger partial charge in [0.1, 0.15) is 0 Å². The van der Waals surface area contributed by atoms with Crippen LogP contribution in [0.3, 0.4) is 0 Å². The lowest BCUT2D eigenvalue weighted by molar-refractivity contribution is 0.366. The minimum Gasteiger partial charge on any atom is -0.437 e. The number of hydrogen-bond acceptors (Lipinski definition) is 2. The smallest absolute Gasteiger partial charge is 0.314 e. The van der Waals surface area contributed by atoms with Crippen LogP contribution < -0.4 is 0 Å². The van der Waals surface area contributed by atoms with E-state index in [1.165, 1.54) is 12.0 Å². The molecule has 0 aliphatic rings. The summed E-state index contributed by atoms with van der Waals surface area (Å²) in [4.78, 5) is 0. The van der Waals surface area contributed by atoms with Gasteiger partial charge in [-0.1, -0.05) is 37.3 Å². The highest BCUT2D eigenvalue weighted by atomic mass is 28.5. The molecule has 1 atom stereocenters. The first-order valence-corrected chi connectivity index (χ1v) is 18.2. The Balaban J connectivity index is 2.67. The molecule has 2 nitrogen and oxygen atoms in total. The van der Waals surface area contributed by atoms with Gasteiger partial charge < -0.3 is 8.23 Å². The van der Waals surface area contributed by atoms with E-state index in [-0.39, 0.29) is 0 Å². The summed E-state index contributed by atoms with van der Waals surface area (Å²) in [6.07, 6.45) is 2.35. The predicted molar refractivity (Wildman–Crippen MR) is 109 cm³/mol. The molecule has 0 saturated carbocycles. The standard InChI is InChI=1S/C18H36O2Si3/c1-17(14-15-18-12-10-9-11-13-18)16-23(8,19-21(2,3)4)20-22(5,6)7/h9-13,17H,14-16H2,1-8H3. The summed E-state index contributed by atoms with van der Waals surface area (Å²) >= 11 is 0. The average Bonchev–Trinajstić information content (AvgIpc) is 2.32. The zero-order valence-corrected chi connectivity index (χ0v) is 19.4. The van der Waals surface area contributed by atoms with Gasteiger partial charge in [0.05, 0.1) is 0 Å². The molecule has 5 heteroatoms. The molecule has 0 amide bonds. The first-order chi connectivity index (χ1) is 10.4. The first kappa shape index (κ1) is 20.8. The molecular weight excluding hydrogens is 332 g/mol. The second kappa shape index (κ2) is 8.25. The molecule has 0 radical (unpaired) electrons. The van der Waals surface area contributed by atoms with Gasteiger partial charge in [-0.25, -0.2) is 0 Å². The van der Waals surface area contributed by atoms with Crippen LogP contribution in [0.2, 0.25) is 51.9 Å². The summed E-state index contributed by atoms with van der Waals surface area (Å²) in [6, 6.07) is 11.9. The molecule has 1 aromatic rings. The maximum Gasteiger partial charge on any atom is 0.314 e. The van der Waals surface area contributed by atoms with Crippen molar-refractivity contribution in [2.75, 3.05) is 0 Å². The number of hydrogen-bond donors (Lipinski definition) is 0. The molecule has 0 fully saturated rings. The quantitative estimate of drug-likeness (QED) is 0.495. The van der Waals surface area contributed by atoms with Gasteiger partial charge in [-0.15, -0.1) is 0 Å². The van der Waals surface area contributed by atoms with Crippen LogP contribution >= 0.6 is 0 Å². The van der Waals surface area contributed by atoms with E-state index in [4.69, 9.17) is 8.23 Å². The molecule has 0 spiro atoms. The molecule has 0 N–H and O–H groups in total. The Hall–Kier alpha value is -0.209. The molecule has 1 rings (SSSR count). The van der Waals surface area contributed by atoms with Gasteiger partial charge in [0.2, 0.25) is 0 Å². The van der Waals surface area contributed by atoms with E-state index in [9.17, 15) is 0 Å². The molecule has 132 valence electrons. The van der Waals surface area contributed by atoms with Crippen LogP contribution in [0.25, 0.3) is 0 Å². The fraction of sp³-hybridized carbons (Fsp3) is 0.667. The molecule has 1 aromatic carbocycles. The van der Waals surface area contributed by atoms with Crippen molar-refractivity contribution in [1.82, 2.24) is 0 Å². The minimum absolute atomic E-state index is 0.638. The topological polar surface area (TPSA) is 18.5 Å². The first-order valence-electron chi connectivity index (χ1n) is 8.83. The molecule has 0 aliphatic heterocycles. The molecule has 0 aliphatic carbocycles. The van der Waals surface area contributed by atoms with E-state index in [1.807, 2.05) is 0 Å². The lowest BCUT2D eigenvalue weighted by Gasteiger charge is -2.39. The summed E-state index contributed by atoms with van der Waals surface area (Å²) in [7, 11) is -5.27. The SMILES string of the molecule is CC(CCc1ccccc1)C[Si](C)(O[Si](C)(C)C)O[Si](C)(C)C. The van der Waals surface area contributed by atoms with Gasteiger partial charge in [0.25, 0.3) is 0 Å². The van der Waals surface area contributed by atoms with Gasteiger partial charge in [0.15, 0.2) is 16.6 Å². The number of benzene rings is 1. The number of aryl methyl sites for hydroxylation is 1. The van der Waals surface area contributed by atoms with Crippen molar-refractivity contribution in [2.24, 2.45) is 5.92 Å². The monoisotopic (exact) mass is 368 g/mol. The highest BCUT2D eigenvalue weighted by Gasteiger charge is 2.41. The molecule has 1 unspecified atom stereocenters. The molecule has 23 heavy (non-hydrogen) atoms. The van der Waals surface area contributed by atoms with Crippen LogP contribution in [0.5, 0.6) is 0 Å². The molecule has 0 bridgehead atoms. The summed E-state index contributed by atoms with van der Waals surface area (Å²) in [5.41, 5.74) is 1.43. The van der Waals surface area contributed by atoms with E-state index in [0.29, 0.717) is 5.92 Å². The Morgan fingerprint density at radius 3 is 1.74 bits per heavy atom. The lowest BCUT2D eigenvalue weighted by atomic mass is 10.0. The summed E-state index contributed by atoms with van der Waals surface area (Å²) in [5.74, 6) is 0.638. The van der Waals surface area contributed by atoms with Crippen molar-refractivity contribution in [1.29, 1.82) is 0 Å². The Labute approximate surface area is 147 Å². The van der Waals surface area contributed by atoms with Crippen LogP contribution in [-0.4, -0.2) is 25.2 Å². The zero-order chi connectivity index (χ0) is 17.7. The van der Waals surface area contributed by atoms with Crippen molar-refractivity contribution < 1.29 is 8.23 Å². The van der Waals surface area contributed by atoms with E-state index in [1.54, 1.807) is 0 Å². The molecule has 0 heterocycles. The lowest BCUT2D eigenvalue weighted by Crippen LogP contribution is -2.53. The Morgan fingerprint density at radius 1 is 0.826 bits per heavy atom. The van der Waals surface area contributed by atoms with E-state index < -0.39 is 25.2 Å². The Bertz CT molecular complexity index is 447. The van der Waals surface area contributed by atoms with Crippen molar-refractivity contribution in [3.05, 3.63) is 35.9 Å². The Morgan fingerprint density at radius 2 is 1.30 bits per heavy atom. The van der Waals surface area contributed by atoms with Gasteiger partial charge >= 0.3 is 8.56 Å². The minimum atomic E-state index is -2.10.